The number of carboxylic acid groups (broad SMARTS) is 1. The second-order valence-corrected chi connectivity index (χ2v) is 9.72. The maximum absolute atomic E-state index is 11.4. The number of carboxylic acids is 1. The van der Waals surface area contributed by atoms with Crippen molar-refractivity contribution in [3.63, 3.8) is 0 Å². The van der Waals surface area contributed by atoms with Gasteiger partial charge in [0.2, 0.25) is 0 Å². The van der Waals surface area contributed by atoms with Crippen LogP contribution in [-0.4, -0.2) is 70.3 Å². The van der Waals surface area contributed by atoms with Crippen LogP contribution in [0.5, 0.6) is 0 Å². The molecule has 1 aliphatic rings. The molecular weight excluding hydrogens is 420 g/mol. The minimum Gasteiger partial charge on any atom is -0.481 e. The number of aliphatic carboxylic acids is 1. The van der Waals surface area contributed by atoms with E-state index in [1.54, 1.807) is 0 Å². The van der Waals surface area contributed by atoms with Crippen molar-refractivity contribution in [2.24, 2.45) is 11.8 Å². The number of carbonyl (C=O) groups is 1. The molecular formula is C20H32N6O4S. The predicted molar refractivity (Wildman–Crippen MR) is 118 cm³/mol. The summed E-state index contributed by atoms with van der Waals surface area (Å²) in [6.45, 7) is 8.54. The third-order valence-electron chi connectivity index (χ3n) is 5.58. The van der Waals surface area contributed by atoms with E-state index in [1.807, 2.05) is 0 Å². The number of aromatic nitrogens is 5. The molecule has 2 aromatic heterocycles. The van der Waals surface area contributed by atoms with Crippen LogP contribution >= 0.6 is 11.8 Å². The van der Waals surface area contributed by atoms with Crippen molar-refractivity contribution in [1.82, 2.24) is 25.0 Å². The summed E-state index contributed by atoms with van der Waals surface area (Å²) >= 11 is 1.52. The van der Waals surface area contributed by atoms with Crippen LogP contribution in [0.1, 0.15) is 59.4 Å². The van der Waals surface area contributed by atoms with Crippen molar-refractivity contribution in [3.05, 3.63) is 0 Å². The highest BCUT2D eigenvalue weighted by molar-refractivity contribution is 7.99. The number of anilines is 1. The molecule has 0 aliphatic heterocycles. The average molecular weight is 453 g/mol. The first-order valence-electron chi connectivity index (χ1n) is 10.8. The molecule has 172 valence electrons. The number of hydrogen-bond donors (Lipinski definition) is 4. The Bertz CT molecular complexity index is 907. The number of fused-ring (bicyclic) bond motifs is 1. The molecule has 0 aromatic carbocycles. The maximum atomic E-state index is 11.4. The minimum atomic E-state index is -1.37. The molecule has 4 N–H and O–H groups in total. The van der Waals surface area contributed by atoms with E-state index in [1.165, 1.54) is 16.4 Å². The van der Waals surface area contributed by atoms with Gasteiger partial charge >= 0.3 is 5.97 Å². The summed E-state index contributed by atoms with van der Waals surface area (Å²) in [6, 6.07) is -0.559. The summed E-state index contributed by atoms with van der Waals surface area (Å²) in [5, 5.41) is 42.4. The van der Waals surface area contributed by atoms with Crippen LogP contribution in [0.4, 0.5) is 5.82 Å². The highest BCUT2D eigenvalue weighted by atomic mass is 32.2. The summed E-state index contributed by atoms with van der Waals surface area (Å²) in [5.74, 6) is -0.184. The lowest BCUT2D eigenvalue weighted by molar-refractivity contribution is -0.145. The molecule has 3 rings (SSSR count). The number of nitrogens with zero attached hydrogens (tertiary/aromatic N) is 5. The minimum absolute atomic E-state index is 0.0467. The van der Waals surface area contributed by atoms with Crippen LogP contribution in [0.15, 0.2) is 5.16 Å². The largest absolute Gasteiger partial charge is 0.481 e. The zero-order chi connectivity index (χ0) is 22.7. The van der Waals surface area contributed by atoms with E-state index in [2.05, 4.69) is 53.3 Å². The Labute approximate surface area is 185 Å². The van der Waals surface area contributed by atoms with Crippen molar-refractivity contribution in [2.75, 3.05) is 11.1 Å². The van der Waals surface area contributed by atoms with Crippen molar-refractivity contribution < 1.29 is 20.1 Å². The van der Waals surface area contributed by atoms with Crippen LogP contribution < -0.4 is 5.32 Å². The van der Waals surface area contributed by atoms with Gasteiger partial charge in [0, 0.05) is 11.8 Å². The van der Waals surface area contributed by atoms with Crippen LogP contribution in [0.2, 0.25) is 0 Å². The van der Waals surface area contributed by atoms with Crippen molar-refractivity contribution >= 4 is 34.7 Å². The van der Waals surface area contributed by atoms with Gasteiger partial charge < -0.3 is 20.6 Å². The van der Waals surface area contributed by atoms with Gasteiger partial charge in [-0.25, -0.2) is 14.6 Å². The van der Waals surface area contributed by atoms with Crippen molar-refractivity contribution in [2.45, 2.75) is 82.8 Å². The fraction of sp³-hybridized carbons (Fsp3) is 0.750. The Kier molecular flexibility index (Phi) is 7.71. The van der Waals surface area contributed by atoms with Gasteiger partial charge in [-0.3, -0.25) is 4.79 Å². The normalized spacial score (nSPS) is 24.7. The van der Waals surface area contributed by atoms with E-state index in [0.717, 1.165) is 25.0 Å². The van der Waals surface area contributed by atoms with Gasteiger partial charge in [-0.05, 0) is 38.5 Å². The Morgan fingerprint density at radius 1 is 1.23 bits per heavy atom. The molecule has 1 fully saturated rings. The SMILES string of the molecule is CCCSc1nc(NC(C)CCC(C)C)c2nnn(C3C[C@H](C(=O)O)C(O)C3O)c2n1. The Hall–Kier alpha value is -1.98. The summed E-state index contributed by atoms with van der Waals surface area (Å²) in [4.78, 5) is 20.7. The lowest BCUT2D eigenvalue weighted by Crippen LogP contribution is -2.32. The summed E-state index contributed by atoms with van der Waals surface area (Å²) in [6.07, 6.45) is 0.425. The lowest BCUT2D eigenvalue weighted by atomic mass is 10.0. The van der Waals surface area contributed by atoms with E-state index in [4.69, 9.17) is 0 Å². The van der Waals surface area contributed by atoms with E-state index in [0.29, 0.717) is 28.1 Å². The van der Waals surface area contributed by atoms with Crippen LogP contribution in [0, 0.1) is 11.8 Å². The van der Waals surface area contributed by atoms with Crippen molar-refractivity contribution in [3.8, 4) is 0 Å². The number of thioether (sulfide) groups is 1. The third kappa shape index (κ3) is 5.27. The molecule has 2 aromatic rings. The van der Waals surface area contributed by atoms with Crippen LogP contribution in [0.3, 0.4) is 0 Å². The molecule has 0 radical (unpaired) electrons. The zero-order valence-electron chi connectivity index (χ0n) is 18.4. The molecule has 4 unspecified atom stereocenters. The van der Waals surface area contributed by atoms with E-state index in [-0.39, 0.29) is 12.5 Å². The van der Waals surface area contributed by atoms with Crippen LogP contribution in [-0.2, 0) is 4.79 Å². The number of rotatable bonds is 10. The molecule has 2 heterocycles. The summed E-state index contributed by atoms with van der Waals surface area (Å²) in [7, 11) is 0. The monoisotopic (exact) mass is 452 g/mol. The van der Waals surface area contributed by atoms with E-state index < -0.39 is 30.1 Å². The molecule has 31 heavy (non-hydrogen) atoms. The molecule has 11 heteroatoms. The third-order valence-corrected chi connectivity index (χ3v) is 6.63. The topological polar surface area (TPSA) is 146 Å². The average Bonchev–Trinajstić information content (AvgIpc) is 3.26. The summed E-state index contributed by atoms with van der Waals surface area (Å²) < 4.78 is 1.44. The quantitative estimate of drug-likeness (QED) is 0.313. The first-order valence-corrected chi connectivity index (χ1v) is 11.8. The molecule has 0 bridgehead atoms. The molecule has 1 aliphatic carbocycles. The second-order valence-electron chi connectivity index (χ2n) is 8.66. The van der Waals surface area contributed by atoms with Gasteiger partial charge in [-0.2, -0.15) is 0 Å². The fourth-order valence-corrected chi connectivity index (χ4v) is 4.47. The molecule has 0 amide bonds. The fourth-order valence-electron chi connectivity index (χ4n) is 3.78. The number of aliphatic hydroxyl groups is 2. The van der Waals surface area contributed by atoms with E-state index >= 15 is 0 Å². The smallest absolute Gasteiger partial charge is 0.309 e. The predicted octanol–water partition coefficient (Wildman–Crippen LogP) is 2.33. The first-order chi connectivity index (χ1) is 14.7. The molecule has 0 saturated heterocycles. The van der Waals surface area contributed by atoms with E-state index in [9.17, 15) is 20.1 Å². The van der Waals surface area contributed by atoms with Crippen molar-refractivity contribution in [1.29, 1.82) is 0 Å². The Balaban J connectivity index is 1.96. The standard InChI is InChI=1S/C20H32N6O4S/c1-5-8-31-20-22-17(21-11(4)7-6-10(2)3)14-18(23-20)26(25-24-14)13-9-12(19(29)30)15(27)16(13)28/h10-13,15-16,27-28H,5-9H2,1-4H3,(H,29,30)(H,21,22,23)/t11?,12-,13?,15?,16?/m0/s1. The van der Waals surface area contributed by atoms with Gasteiger partial charge in [-0.1, -0.05) is 37.7 Å². The molecule has 5 atom stereocenters. The van der Waals surface area contributed by atoms with Crippen LogP contribution in [0.25, 0.3) is 11.2 Å². The first kappa shape index (κ1) is 23.7. The number of hydrogen-bond acceptors (Lipinski definition) is 9. The zero-order valence-corrected chi connectivity index (χ0v) is 19.2. The molecule has 10 nitrogen and oxygen atoms in total. The van der Waals surface area contributed by atoms with Gasteiger partial charge in [0.05, 0.1) is 18.1 Å². The highest BCUT2D eigenvalue weighted by Crippen LogP contribution is 2.37. The maximum Gasteiger partial charge on any atom is 0.309 e. The highest BCUT2D eigenvalue weighted by Gasteiger charge is 2.47. The Morgan fingerprint density at radius 2 is 1.97 bits per heavy atom. The molecule has 1 saturated carbocycles. The number of nitrogens with one attached hydrogen (secondary N) is 1. The Morgan fingerprint density at radius 3 is 2.58 bits per heavy atom. The lowest BCUT2D eigenvalue weighted by Gasteiger charge is -2.18. The number of aliphatic hydroxyl groups excluding tert-OH is 2. The summed E-state index contributed by atoms with van der Waals surface area (Å²) in [5.41, 5.74) is 0.896. The molecule has 0 spiro atoms. The van der Waals surface area contributed by atoms with Gasteiger partial charge in [0.25, 0.3) is 0 Å². The van der Waals surface area contributed by atoms with Gasteiger partial charge in [0.15, 0.2) is 22.1 Å². The second kappa shape index (κ2) is 10.1. The van der Waals surface area contributed by atoms with Gasteiger partial charge in [0.1, 0.15) is 6.10 Å². The van der Waals surface area contributed by atoms with Gasteiger partial charge in [-0.15, -0.1) is 5.10 Å².